The van der Waals surface area contributed by atoms with Crippen LogP contribution in [0.2, 0.25) is 0 Å². The van der Waals surface area contributed by atoms with Crippen LogP contribution in [-0.2, 0) is 11.2 Å². The highest BCUT2D eigenvalue weighted by Crippen LogP contribution is 2.15. The van der Waals surface area contributed by atoms with Gasteiger partial charge in [-0.05, 0) is 26.3 Å². The van der Waals surface area contributed by atoms with E-state index in [9.17, 15) is 4.79 Å². The van der Waals surface area contributed by atoms with E-state index < -0.39 is 0 Å². The van der Waals surface area contributed by atoms with Crippen molar-refractivity contribution in [2.24, 2.45) is 0 Å². The molecule has 1 atom stereocenters. The van der Waals surface area contributed by atoms with Crippen molar-refractivity contribution in [2.45, 2.75) is 39.2 Å². The van der Waals surface area contributed by atoms with Crippen LogP contribution in [-0.4, -0.2) is 71.2 Å². The number of rotatable bonds is 9. The van der Waals surface area contributed by atoms with Gasteiger partial charge in [0.05, 0.1) is 6.54 Å². The predicted molar refractivity (Wildman–Crippen MR) is 109 cm³/mol. The molecular formula is C21H31N5O2. The molecule has 1 saturated heterocycles. The Morgan fingerprint density at radius 1 is 1.18 bits per heavy atom. The molecule has 0 saturated carbocycles. The molecular weight excluding hydrogens is 354 g/mol. The molecule has 1 aromatic carbocycles. The number of nitrogens with one attached hydrogen (secondary N) is 1. The van der Waals surface area contributed by atoms with Crippen molar-refractivity contribution in [3.05, 3.63) is 36.2 Å². The Hall–Kier alpha value is -2.25. The van der Waals surface area contributed by atoms with Crippen molar-refractivity contribution < 1.29 is 9.32 Å². The van der Waals surface area contributed by atoms with Gasteiger partial charge in [0.1, 0.15) is 0 Å². The lowest BCUT2D eigenvalue weighted by atomic mass is 10.2. The molecule has 3 rings (SSSR count). The lowest BCUT2D eigenvalue weighted by Gasteiger charge is -2.34. The lowest BCUT2D eigenvalue weighted by molar-refractivity contribution is -0.123. The molecule has 2 heterocycles. The summed E-state index contributed by atoms with van der Waals surface area (Å²) in [4.78, 5) is 21.2. The highest BCUT2D eigenvalue weighted by molar-refractivity contribution is 5.78. The van der Waals surface area contributed by atoms with Crippen LogP contribution in [0.4, 0.5) is 0 Å². The number of hydrogen-bond donors (Lipinski definition) is 1. The van der Waals surface area contributed by atoms with Crippen LogP contribution in [0.5, 0.6) is 0 Å². The Labute approximate surface area is 167 Å². The maximum atomic E-state index is 12.0. The van der Waals surface area contributed by atoms with E-state index >= 15 is 0 Å². The molecule has 7 heteroatoms. The van der Waals surface area contributed by atoms with Crippen LogP contribution in [0.3, 0.4) is 0 Å². The van der Waals surface area contributed by atoms with E-state index in [1.165, 1.54) is 0 Å². The fraction of sp³-hybridized carbons (Fsp3) is 0.571. The standard InChI is InChI=1S/C21H31N5O2/c1-3-17(2)22-19(27)16-26-14-12-25(13-15-26)11-7-10-20-23-21(24-28-20)18-8-5-4-6-9-18/h4-6,8-9,17H,3,7,10-16H2,1-2H3,(H,22,27). The number of aromatic nitrogens is 2. The number of piperazine rings is 1. The number of carbonyl (C=O) groups is 1. The predicted octanol–water partition coefficient (Wildman–Crippen LogP) is 2.20. The maximum absolute atomic E-state index is 12.0. The van der Waals surface area contributed by atoms with Crippen LogP contribution in [0.15, 0.2) is 34.9 Å². The van der Waals surface area contributed by atoms with Gasteiger partial charge in [0.15, 0.2) is 0 Å². The van der Waals surface area contributed by atoms with E-state index in [1.54, 1.807) is 0 Å². The minimum atomic E-state index is 0.133. The average molecular weight is 386 g/mol. The Morgan fingerprint density at radius 2 is 1.89 bits per heavy atom. The first-order valence-electron chi connectivity index (χ1n) is 10.3. The van der Waals surface area contributed by atoms with Crippen LogP contribution in [0.1, 0.15) is 32.6 Å². The second kappa shape index (κ2) is 10.3. The van der Waals surface area contributed by atoms with E-state index in [-0.39, 0.29) is 11.9 Å². The van der Waals surface area contributed by atoms with Gasteiger partial charge in [0.2, 0.25) is 17.6 Å². The van der Waals surface area contributed by atoms with E-state index in [1.807, 2.05) is 37.3 Å². The molecule has 1 amide bonds. The third-order valence-corrected chi connectivity index (χ3v) is 5.22. The Kier molecular flexibility index (Phi) is 7.56. The third kappa shape index (κ3) is 6.14. The zero-order chi connectivity index (χ0) is 19.8. The zero-order valence-electron chi connectivity index (χ0n) is 16.9. The molecule has 152 valence electrons. The van der Waals surface area contributed by atoms with Crippen molar-refractivity contribution in [1.29, 1.82) is 0 Å². The molecule has 2 aromatic rings. The Morgan fingerprint density at radius 3 is 2.61 bits per heavy atom. The van der Waals surface area contributed by atoms with Crippen LogP contribution >= 0.6 is 0 Å². The molecule has 7 nitrogen and oxygen atoms in total. The number of amides is 1. The minimum absolute atomic E-state index is 0.133. The first kappa shape index (κ1) is 20.5. The van der Waals surface area contributed by atoms with Gasteiger partial charge in [-0.2, -0.15) is 4.98 Å². The van der Waals surface area contributed by atoms with E-state index in [2.05, 4.69) is 32.2 Å². The average Bonchev–Trinajstić information content (AvgIpc) is 3.19. The van der Waals surface area contributed by atoms with Gasteiger partial charge < -0.3 is 14.7 Å². The van der Waals surface area contributed by atoms with Gasteiger partial charge in [0.25, 0.3) is 0 Å². The fourth-order valence-corrected chi connectivity index (χ4v) is 3.31. The number of carbonyl (C=O) groups excluding carboxylic acids is 1. The summed E-state index contributed by atoms with van der Waals surface area (Å²) in [5, 5.41) is 7.11. The molecule has 1 unspecified atom stereocenters. The summed E-state index contributed by atoms with van der Waals surface area (Å²) < 4.78 is 5.38. The highest BCUT2D eigenvalue weighted by atomic mass is 16.5. The van der Waals surface area contributed by atoms with Crippen molar-refractivity contribution in [1.82, 2.24) is 25.3 Å². The third-order valence-electron chi connectivity index (χ3n) is 5.22. The molecule has 0 aliphatic carbocycles. The second-order valence-corrected chi connectivity index (χ2v) is 7.48. The quantitative estimate of drug-likeness (QED) is 0.713. The molecule has 1 N–H and O–H groups in total. The summed E-state index contributed by atoms with van der Waals surface area (Å²) >= 11 is 0. The molecule has 1 aromatic heterocycles. The molecule has 0 spiro atoms. The summed E-state index contributed by atoms with van der Waals surface area (Å²) in [5.74, 6) is 1.48. The minimum Gasteiger partial charge on any atom is -0.353 e. The van der Waals surface area contributed by atoms with E-state index in [0.29, 0.717) is 18.3 Å². The number of benzene rings is 1. The topological polar surface area (TPSA) is 74.5 Å². The fourth-order valence-electron chi connectivity index (χ4n) is 3.31. The van der Waals surface area contributed by atoms with Gasteiger partial charge in [-0.3, -0.25) is 9.69 Å². The lowest BCUT2D eigenvalue weighted by Crippen LogP contribution is -2.50. The van der Waals surface area contributed by atoms with Gasteiger partial charge >= 0.3 is 0 Å². The molecule has 1 aliphatic rings. The van der Waals surface area contributed by atoms with Crippen LogP contribution in [0.25, 0.3) is 11.4 Å². The smallest absolute Gasteiger partial charge is 0.234 e. The number of hydrogen-bond acceptors (Lipinski definition) is 6. The zero-order valence-corrected chi connectivity index (χ0v) is 16.9. The van der Waals surface area contributed by atoms with Crippen molar-refractivity contribution >= 4 is 5.91 Å². The van der Waals surface area contributed by atoms with Crippen molar-refractivity contribution in [2.75, 3.05) is 39.3 Å². The monoisotopic (exact) mass is 385 g/mol. The van der Waals surface area contributed by atoms with E-state index in [4.69, 9.17) is 4.52 Å². The molecule has 0 radical (unpaired) electrons. The van der Waals surface area contributed by atoms with Crippen molar-refractivity contribution in [3.63, 3.8) is 0 Å². The number of nitrogens with zero attached hydrogens (tertiary/aromatic N) is 4. The molecule has 28 heavy (non-hydrogen) atoms. The normalized spacial score (nSPS) is 16.8. The Balaban J connectivity index is 1.34. The summed E-state index contributed by atoms with van der Waals surface area (Å²) in [6.45, 7) is 9.51. The van der Waals surface area contributed by atoms with Gasteiger partial charge in [-0.25, -0.2) is 0 Å². The summed E-state index contributed by atoms with van der Waals surface area (Å²) in [6.07, 6.45) is 2.74. The van der Waals surface area contributed by atoms with Crippen LogP contribution in [0, 0.1) is 0 Å². The highest BCUT2D eigenvalue weighted by Gasteiger charge is 2.19. The largest absolute Gasteiger partial charge is 0.353 e. The van der Waals surface area contributed by atoms with Gasteiger partial charge in [-0.1, -0.05) is 42.4 Å². The molecule has 1 aliphatic heterocycles. The van der Waals surface area contributed by atoms with Crippen molar-refractivity contribution in [3.8, 4) is 11.4 Å². The number of aryl methyl sites for hydroxylation is 1. The van der Waals surface area contributed by atoms with Gasteiger partial charge in [0, 0.05) is 44.2 Å². The first-order chi connectivity index (χ1) is 13.6. The molecule has 1 fully saturated rings. The SMILES string of the molecule is CCC(C)NC(=O)CN1CCN(CCCc2nc(-c3ccccc3)no2)CC1. The van der Waals surface area contributed by atoms with Crippen LogP contribution < -0.4 is 5.32 Å². The van der Waals surface area contributed by atoms with Gasteiger partial charge in [-0.15, -0.1) is 0 Å². The molecule has 0 bridgehead atoms. The van der Waals surface area contributed by atoms with E-state index in [0.717, 1.165) is 57.5 Å². The summed E-state index contributed by atoms with van der Waals surface area (Å²) in [7, 11) is 0. The summed E-state index contributed by atoms with van der Waals surface area (Å²) in [5.41, 5.74) is 0.978. The summed E-state index contributed by atoms with van der Waals surface area (Å²) in [6, 6.07) is 10.1. The maximum Gasteiger partial charge on any atom is 0.234 e. The first-order valence-corrected chi connectivity index (χ1v) is 10.3. The Bertz CT molecular complexity index is 725. The second-order valence-electron chi connectivity index (χ2n) is 7.48.